The van der Waals surface area contributed by atoms with Gasteiger partial charge in [0.25, 0.3) is 0 Å². The maximum absolute atomic E-state index is 12.5. The Balaban J connectivity index is 3.35. The van der Waals surface area contributed by atoms with Crippen molar-refractivity contribution in [1.29, 1.82) is 0 Å². The molecule has 0 spiro atoms. The van der Waals surface area contributed by atoms with Crippen LogP contribution in [-0.2, 0) is 14.3 Å². The molecule has 434 valence electrons. The first-order chi connectivity index (χ1) is 36.5. The molecule has 2 atom stereocenters. The summed E-state index contributed by atoms with van der Waals surface area (Å²) in [5, 5.41) is 23.1. The third-order valence-electron chi connectivity index (χ3n) is 15.0. The Morgan fingerprint density at radius 2 is 0.703 bits per heavy atom. The lowest BCUT2D eigenvalue weighted by Crippen LogP contribution is -2.45. The van der Waals surface area contributed by atoms with Crippen LogP contribution in [0.15, 0.2) is 48.6 Å². The summed E-state index contributed by atoms with van der Waals surface area (Å²) in [5.41, 5.74) is 0. The maximum atomic E-state index is 12.5. The fourth-order valence-corrected chi connectivity index (χ4v) is 10.0. The number of esters is 1. The molecule has 0 fully saturated rings. The Morgan fingerprint density at radius 1 is 0.378 bits per heavy atom. The smallest absolute Gasteiger partial charge is 0.305 e. The van der Waals surface area contributed by atoms with Crippen molar-refractivity contribution in [2.75, 3.05) is 13.2 Å². The summed E-state index contributed by atoms with van der Waals surface area (Å²) >= 11 is 0. The van der Waals surface area contributed by atoms with E-state index in [1.54, 1.807) is 6.08 Å². The van der Waals surface area contributed by atoms with Crippen LogP contribution in [0.3, 0.4) is 0 Å². The number of nitrogens with one attached hydrogen (secondary N) is 1. The van der Waals surface area contributed by atoms with Crippen molar-refractivity contribution in [2.24, 2.45) is 0 Å². The molecule has 0 saturated heterocycles. The first-order valence-corrected chi connectivity index (χ1v) is 32.9. The highest BCUT2D eigenvalue weighted by Gasteiger charge is 2.18. The summed E-state index contributed by atoms with van der Waals surface area (Å²) < 4.78 is 5.48. The largest absolute Gasteiger partial charge is 0.466 e. The van der Waals surface area contributed by atoms with Crippen molar-refractivity contribution in [2.45, 2.75) is 360 Å². The maximum Gasteiger partial charge on any atom is 0.305 e. The van der Waals surface area contributed by atoms with Crippen LogP contribution in [0, 0.1) is 0 Å². The second-order valence-corrected chi connectivity index (χ2v) is 22.4. The van der Waals surface area contributed by atoms with E-state index in [1.165, 1.54) is 270 Å². The standard InChI is InChI=1S/C68H127NO5/c1-3-5-7-9-11-13-15-17-33-38-42-46-50-54-58-62-68(73)74-63-59-55-51-47-43-39-35-32-30-28-26-24-22-20-18-19-21-23-25-27-29-31-34-37-41-45-49-53-57-61-67(72)69-65(64-70)66(71)60-56-52-48-44-40-36-16-14-12-10-8-6-4-2/h8,10-11,13,17,33,56,60,65-66,70-71H,3-7,9,12,14-16,18-32,34-55,57-59,61-64H2,1-2H3,(H,69,72)/b10-8-,13-11-,33-17-,60-56+/t65-,66+/m0/s1. The monoisotopic (exact) mass is 1040 g/mol. The molecule has 0 aliphatic rings. The molecule has 3 N–H and O–H groups in total. The highest BCUT2D eigenvalue weighted by atomic mass is 16.5. The summed E-state index contributed by atoms with van der Waals surface area (Å²) in [6.07, 6.45) is 81.8. The van der Waals surface area contributed by atoms with Crippen molar-refractivity contribution in [1.82, 2.24) is 5.32 Å². The summed E-state index contributed by atoms with van der Waals surface area (Å²) in [6.45, 7) is 4.83. The zero-order valence-electron chi connectivity index (χ0n) is 49.6. The molecule has 0 bridgehead atoms. The van der Waals surface area contributed by atoms with E-state index in [9.17, 15) is 19.8 Å². The van der Waals surface area contributed by atoms with Crippen molar-refractivity contribution in [3.8, 4) is 0 Å². The van der Waals surface area contributed by atoms with Gasteiger partial charge in [0.2, 0.25) is 5.91 Å². The molecule has 0 radical (unpaired) electrons. The van der Waals surface area contributed by atoms with Gasteiger partial charge in [-0.2, -0.15) is 0 Å². The number of aliphatic hydroxyl groups excluding tert-OH is 2. The van der Waals surface area contributed by atoms with Crippen LogP contribution >= 0.6 is 0 Å². The topological polar surface area (TPSA) is 95.9 Å². The molecule has 0 rings (SSSR count). The molecule has 0 aliphatic heterocycles. The number of carbonyl (C=O) groups is 2. The van der Waals surface area contributed by atoms with Gasteiger partial charge in [0.15, 0.2) is 0 Å². The molecule has 6 nitrogen and oxygen atoms in total. The second-order valence-electron chi connectivity index (χ2n) is 22.4. The van der Waals surface area contributed by atoms with Gasteiger partial charge in [0, 0.05) is 12.8 Å². The van der Waals surface area contributed by atoms with E-state index in [0.717, 1.165) is 51.4 Å². The fourth-order valence-electron chi connectivity index (χ4n) is 10.0. The Morgan fingerprint density at radius 3 is 1.09 bits per heavy atom. The number of aliphatic hydroxyl groups is 2. The zero-order valence-corrected chi connectivity index (χ0v) is 49.6. The van der Waals surface area contributed by atoms with Gasteiger partial charge in [0.05, 0.1) is 25.4 Å². The van der Waals surface area contributed by atoms with E-state index in [4.69, 9.17) is 4.74 Å². The van der Waals surface area contributed by atoms with Crippen LogP contribution in [0.4, 0.5) is 0 Å². The second kappa shape index (κ2) is 63.4. The molecule has 74 heavy (non-hydrogen) atoms. The number of carbonyl (C=O) groups excluding carboxylic acids is 2. The van der Waals surface area contributed by atoms with Crippen LogP contribution in [0.5, 0.6) is 0 Å². The first-order valence-electron chi connectivity index (χ1n) is 32.9. The van der Waals surface area contributed by atoms with E-state index < -0.39 is 12.1 Å². The van der Waals surface area contributed by atoms with Crippen molar-refractivity contribution >= 4 is 11.9 Å². The minimum absolute atomic E-state index is 0.00475. The van der Waals surface area contributed by atoms with Crippen LogP contribution in [0.2, 0.25) is 0 Å². The molecule has 0 aromatic carbocycles. The lowest BCUT2D eigenvalue weighted by molar-refractivity contribution is -0.143. The van der Waals surface area contributed by atoms with Crippen LogP contribution in [0.25, 0.3) is 0 Å². The first kappa shape index (κ1) is 71.8. The van der Waals surface area contributed by atoms with Crippen LogP contribution < -0.4 is 5.32 Å². The van der Waals surface area contributed by atoms with Gasteiger partial charge in [-0.3, -0.25) is 9.59 Å². The Bertz CT molecular complexity index is 1240. The Hall–Kier alpha value is -2.18. The van der Waals surface area contributed by atoms with Gasteiger partial charge < -0.3 is 20.3 Å². The molecule has 0 saturated carbocycles. The number of allylic oxidation sites excluding steroid dienone is 7. The quantitative estimate of drug-likeness (QED) is 0.0320. The highest BCUT2D eigenvalue weighted by molar-refractivity contribution is 5.76. The number of ether oxygens (including phenoxy) is 1. The summed E-state index contributed by atoms with van der Waals surface area (Å²) in [7, 11) is 0. The van der Waals surface area contributed by atoms with Gasteiger partial charge in [-0.15, -0.1) is 0 Å². The number of unbranched alkanes of at least 4 members (excludes halogenated alkanes) is 44. The molecule has 1 amide bonds. The Labute approximate surface area is 461 Å². The van der Waals surface area contributed by atoms with E-state index in [2.05, 4.69) is 55.6 Å². The van der Waals surface area contributed by atoms with E-state index >= 15 is 0 Å². The summed E-state index contributed by atoms with van der Waals surface area (Å²) in [6, 6.07) is -0.630. The molecule has 0 aromatic heterocycles. The van der Waals surface area contributed by atoms with Crippen LogP contribution in [-0.4, -0.2) is 47.4 Å². The number of rotatable bonds is 61. The summed E-state index contributed by atoms with van der Waals surface area (Å²) in [4.78, 5) is 24.5. The molecule has 0 aliphatic carbocycles. The SMILES string of the molecule is CCC/C=C\CCCCCCCC/C=C/[C@@H](O)[C@H](CO)NC(=O)CCCCCCCCCCCCCCCCCCCCCCCCCCCCCCCOC(=O)CCCCCCC/C=C\C/C=C\CCCCC. The lowest BCUT2D eigenvalue weighted by Gasteiger charge is -2.20. The molecule has 6 heteroatoms. The van der Waals surface area contributed by atoms with Crippen molar-refractivity contribution in [3.05, 3.63) is 48.6 Å². The van der Waals surface area contributed by atoms with E-state index in [1.807, 2.05) is 6.08 Å². The molecule has 0 heterocycles. The van der Waals surface area contributed by atoms with E-state index in [-0.39, 0.29) is 18.5 Å². The van der Waals surface area contributed by atoms with Crippen molar-refractivity contribution < 1.29 is 24.5 Å². The number of hydrogen-bond acceptors (Lipinski definition) is 5. The van der Waals surface area contributed by atoms with Gasteiger partial charge >= 0.3 is 5.97 Å². The third kappa shape index (κ3) is 59.1. The lowest BCUT2D eigenvalue weighted by atomic mass is 10.0. The van der Waals surface area contributed by atoms with Gasteiger partial charge in [0.1, 0.15) is 0 Å². The minimum atomic E-state index is -0.847. The third-order valence-corrected chi connectivity index (χ3v) is 15.0. The molecular weight excluding hydrogens is 911 g/mol. The fraction of sp³-hybridized carbons (Fsp3) is 0.853. The minimum Gasteiger partial charge on any atom is -0.466 e. The number of hydrogen-bond donors (Lipinski definition) is 3. The average molecular weight is 1040 g/mol. The number of amides is 1. The van der Waals surface area contributed by atoms with E-state index in [0.29, 0.717) is 19.4 Å². The highest BCUT2D eigenvalue weighted by Crippen LogP contribution is 2.18. The molecular formula is C68H127NO5. The van der Waals surface area contributed by atoms with Crippen molar-refractivity contribution in [3.63, 3.8) is 0 Å². The van der Waals surface area contributed by atoms with Gasteiger partial charge in [-0.05, 0) is 83.5 Å². The predicted molar refractivity (Wildman–Crippen MR) is 324 cm³/mol. The summed E-state index contributed by atoms with van der Waals surface area (Å²) in [5.74, 6) is -0.0630. The normalized spacial score (nSPS) is 12.9. The van der Waals surface area contributed by atoms with Gasteiger partial charge in [-0.1, -0.05) is 300 Å². The Kier molecular flexibility index (Phi) is 61.5. The molecule has 0 aromatic rings. The van der Waals surface area contributed by atoms with Gasteiger partial charge in [-0.25, -0.2) is 0 Å². The average Bonchev–Trinajstić information content (AvgIpc) is 3.40. The predicted octanol–water partition coefficient (Wildman–Crippen LogP) is 20.9. The zero-order chi connectivity index (χ0) is 53.6. The van der Waals surface area contributed by atoms with Crippen LogP contribution in [0.1, 0.15) is 348 Å². The molecule has 0 unspecified atom stereocenters.